The first-order valence-electron chi connectivity index (χ1n) is 10.3. The number of hydrogen-bond donors (Lipinski definition) is 0. The van der Waals surface area contributed by atoms with E-state index in [-0.39, 0.29) is 5.91 Å². The van der Waals surface area contributed by atoms with Crippen LogP contribution in [0.25, 0.3) is 0 Å². The monoisotopic (exact) mass is 438 g/mol. The molecule has 0 fully saturated rings. The summed E-state index contributed by atoms with van der Waals surface area (Å²) in [5.74, 6) is 2.21. The fourth-order valence-corrected chi connectivity index (χ4v) is 5.36. The van der Waals surface area contributed by atoms with Gasteiger partial charge in [0.25, 0.3) is 0 Å². The number of carbonyl (C=O) groups is 1. The van der Waals surface area contributed by atoms with E-state index in [0.717, 1.165) is 48.4 Å². The Labute approximate surface area is 186 Å². The molecule has 0 N–H and O–H groups in total. The quantitative estimate of drug-likeness (QED) is 0.488. The number of aryl methyl sites for hydroxylation is 2. The van der Waals surface area contributed by atoms with Gasteiger partial charge in [0.15, 0.2) is 5.16 Å². The van der Waals surface area contributed by atoms with Crippen molar-refractivity contribution < 1.29 is 4.79 Å². The van der Waals surface area contributed by atoms with Crippen LogP contribution in [0.5, 0.6) is 0 Å². The second-order valence-corrected chi connectivity index (χ2v) is 9.30. The summed E-state index contributed by atoms with van der Waals surface area (Å²) in [5.41, 5.74) is 3.58. The highest BCUT2D eigenvalue weighted by atomic mass is 32.2. The van der Waals surface area contributed by atoms with Crippen LogP contribution in [0.4, 0.5) is 5.69 Å². The third-order valence-corrected chi connectivity index (χ3v) is 7.19. The molecule has 30 heavy (non-hydrogen) atoms. The lowest BCUT2D eigenvalue weighted by Gasteiger charge is -2.29. The fourth-order valence-electron chi connectivity index (χ4n) is 3.63. The Bertz CT molecular complexity index is 1020. The second-order valence-electron chi connectivity index (χ2n) is 7.31. The van der Waals surface area contributed by atoms with Crippen LogP contribution in [-0.4, -0.2) is 33.0 Å². The molecule has 0 spiro atoms. The third kappa shape index (κ3) is 4.73. The molecule has 0 aliphatic carbocycles. The van der Waals surface area contributed by atoms with Crippen LogP contribution in [0.15, 0.2) is 58.6 Å². The SMILES string of the molecule is CCn1c(CSc2ccc(C)cc2)nnc1SCC(=O)N1CCCc2ccccc21. The molecule has 1 aromatic heterocycles. The number of fused-ring (bicyclic) bond motifs is 1. The van der Waals surface area contributed by atoms with Crippen LogP contribution in [0.1, 0.15) is 30.3 Å². The van der Waals surface area contributed by atoms with Crippen molar-refractivity contribution in [3.8, 4) is 0 Å². The molecular formula is C23H26N4OS2. The molecule has 156 valence electrons. The predicted octanol–water partition coefficient (Wildman–Crippen LogP) is 4.97. The summed E-state index contributed by atoms with van der Waals surface area (Å²) in [5, 5.41) is 9.57. The van der Waals surface area contributed by atoms with E-state index in [1.165, 1.54) is 27.8 Å². The molecule has 4 rings (SSSR count). The van der Waals surface area contributed by atoms with Gasteiger partial charge in [-0.05, 0) is 50.5 Å². The van der Waals surface area contributed by atoms with E-state index in [1.54, 1.807) is 11.8 Å². The Morgan fingerprint density at radius 1 is 1.07 bits per heavy atom. The molecule has 2 heterocycles. The van der Waals surface area contributed by atoms with E-state index in [2.05, 4.69) is 58.9 Å². The molecule has 1 aliphatic heterocycles. The van der Waals surface area contributed by atoms with Gasteiger partial charge in [0.2, 0.25) is 5.91 Å². The van der Waals surface area contributed by atoms with Crippen molar-refractivity contribution in [2.24, 2.45) is 0 Å². The molecule has 5 nitrogen and oxygen atoms in total. The zero-order valence-corrected chi connectivity index (χ0v) is 19.0. The lowest BCUT2D eigenvalue weighted by Crippen LogP contribution is -2.36. The average Bonchev–Trinajstić information content (AvgIpc) is 3.18. The molecular weight excluding hydrogens is 412 g/mol. The van der Waals surface area contributed by atoms with Crippen LogP contribution >= 0.6 is 23.5 Å². The highest BCUT2D eigenvalue weighted by molar-refractivity contribution is 7.99. The van der Waals surface area contributed by atoms with Gasteiger partial charge in [0.05, 0.1) is 11.5 Å². The number of nitrogens with zero attached hydrogens (tertiary/aromatic N) is 4. The number of para-hydroxylation sites is 1. The van der Waals surface area contributed by atoms with Crippen molar-refractivity contribution in [2.45, 2.75) is 49.0 Å². The summed E-state index contributed by atoms with van der Waals surface area (Å²) in [4.78, 5) is 16.1. The van der Waals surface area contributed by atoms with Gasteiger partial charge in [0.1, 0.15) is 5.82 Å². The number of rotatable bonds is 7. The maximum absolute atomic E-state index is 12.9. The third-order valence-electron chi connectivity index (χ3n) is 5.23. The Balaban J connectivity index is 1.39. The maximum Gasteiger partial charge on any atom is 0.237 e. The van der Waals surface area contributed by atoms with Gasteiger partial charge in [-0.3, -0.25) is 4.79 Å². The van der Waals surface area contributed by atoms with E-state index in [0.29, 0.717) is 5.75 Å². The molecule has 0 radical (unpaired) electrons. The Morgan fingerprint density at radius 2 is 1.87 bits per heavy atom. The van der Waals surface area contributed by atoms with Gasteiger partial charge < -0.3 is 9.47 Å². The van der Waals surface area contributed by atoms with Crippen LogP contribution in [0, 0.1) is 6.92 Å². The van der Waals surface area contributed by atoms with Crippen LogP contribution in [0.2, 0.25) is 0 Å². The van der Waals surface area contributed by atoms with Gasteiger partial charge in [-0.25, -0.2) is 0 Å². The highest BCUT2D eigenvalue weighted by Crippen LogP contribution is 2.29. The van der Waals surface area contributed by atoms with Crippen molar-refractivity contribution in [2.75, 3.05) is 17.2 Å². The topological polar surface area (TPSA) is 51.0 Å². The number of benzene rings is 2. The molecule has 1 amide bonds. The molecule has 3 aromatic rings. The summed E-state index contributed by atoms with van der Waals surface area (Å²) >= 11 is 3.24. The molecule has 7 heteroatoms. The van der Waals surface area contributed by atoms with Gasteiger partial charge in [-0.2, -0.15) is 0 Å². The van der Waals surface area contributed by atoms with Crippen LogP contribution in [0.3, 0.4) is 0 Å². The summed E-state index contributed by atoms with van der Waals surface area (Å²) in [7, 11) is 0. The van der Waals surface area contributed by atoms with Gasteiger partial charge >= 0.3 is 0 Å². The Kier molecular flexibility index (Phi) is 6.79. The summed E-state index contributed by atoms with van der Waals surface area (Å²) in [6.45, 7) is 5.76. The van der Waals surface area contributed by atoms with Crippen molar-refractivity contribution in [3.63, 3.8) is 0 Å². The first-order chi connectivity index (χ1) is 14.7. The number of thioether (sulfide) groups is 2. The minimum Gasteiger partial charge on any atom is -0.311 e. The van der Waals surface area contributed by atoms with Crippen molar-refractivity contribution in [1.82, 2.24) is 14.8 Å². The van der Waals surface area contributed by atoms with Crippen LogP contribution < -0.4 is 4.90 Å². The minimum atomic E-state index is 0.133. The smallest absolute Gasteiger partial charge is 0.237 e. The number of aromatic nitrogens is 3. The Hall–Kier alpha value is -2.25. The number of anilines is 1. The van der Waals surface area contributed by atoms with E-state index in [9.17, 15) is 4.79 Å². The van der Waals surface area contributed by atoms with E-state index in [1.807, 2.05) is 23.1 Å². The van der Waals surface area contributed by atoms with E-state index in [4.69, 9.17) is 0 Å². The summed E-state index contributed by atoms with van der Waals surface area (Å²) in [6.07, 6.45) is 2.05. The standard InChI is InChI=1S/C23H26N4OS2/c1-3-26-21(15-29-19-12-10-17(2)11-13-19)24-25-23(26)30-16-22(28)27-14-6-8-18-7-4-5-9-20(18)27/h4-5,7,9-13H,3,6,8,14-16H2,1-2H3. The normalized spacial score (nSPS) is 13.3. The molecule has 0 unspecified atom stereocenters. The molecule has 0 atom stereocenters. The molecule has 2 aromatic carbocycles. The lowest BCUT2D eigenvalue weighted by molar-refractivity contribution is -0.116. The van der Waals surface area contributed by atoms with Gasteiger partial charge in [0, 0.05) is 23.7 Å². The molecule has 0 saturated carbocycles. The zero-order valence-electron chi connectivity index (χ0n) is 17.4. The Morgan fingerprint density at radius 3 is 2.67 bits per heavy atom. The number of hydrogen-bond acceptors (Lipinski definition) is 5. The first-order valence-corrected chi connectivity index (χ1v) is 12.3. The first kappa shape index (κ1) is 21.0. The second kappa shape index (κ2) is 9.71. The number of carbonyl (C=O) groups excluding carboxylic acids is 1. The average molecular weight is 439 g/mol. The fraction of sp³-hybridized carbons (Fsp3) is 0.348. The molecule has 1 aliphatic rings. The molecule has 0 bridgehead atoms. The van der Waals surface area contributed by atoms with Crippen molar-refractivity contribution in [3.05, 3.63) is 65.5 Å². The van der Waals surface area contributed by atoms with Gasteiger partial charge in [-0.1, -0.05) is 47.7 Å². The summed E-state index contributed by atoms with van der Waals surface area (Å²) < 4.78 is 2.11. The summed E-state index contributed by atoms with van der Waals surface area (Å²) in [6, 6.07) is 16.7. The van der Waals surface area contributed by atoms with Crippen LogP contribution in [-0.2, 0) is 23.5 Å². The number of amides is 1. The minimum absolute atomic E-state index is 0.133. The highest BCUT2D eigenvalue weighted by Gasteiger charge is 2.23. The zero-order chi connectivity index (χ0) is 20.9. The van der Waals surface area contributed by atoms with Crippen molar-refractivity contribution >= 4 is 35.1 Å². The lowest BCUT2D eigenvalue weighted by atomic mass is 10.0. The predicted molar refractivity (Wildman–Crippen MR) is 124 cm³/mol. The van der Waals surface area contributed by atoms with Gasteiger partial charge in [-0.15, -0.1) is 22.0 Å². The van der Waals surface area contributed by atoms with E-state index < -0.39 is 0 Å². The van der Waals surface area contributed by atoms with Crippen molar-refractivity contribution in [1.29, 1.82) is 0 Å². The van der Waals surface area contributed by atoms with E-state index >= 15 is 0 Å². The molecule has 0 saturated heterocycles. The maximum atomic E-state index is 12.9. The largest absolute Gasteiger partial charge is 0.311 e.